The molecule has 1 rings (SSSR count). The molecular formula is C11H21N3O6S2. The van der Waals surface area contributed by atoms with Crippen LogP contribution in [0.25, 0.3) is 0 Å². The summed E-state index contributed by atoms with van der Waals surface area (Å²) in [6.45, 7) is 2.94. The largest absolute Gasteiger partial charge is 0.399 e. The molecule has 0 bridgehead atoms. The standard InChI is InChI=1S/C11H19N3O2S.H2O4S/c1-9-8-10(4-5-11(9)12)14(2)7-6-13-17(3,15)16;1-5(2,3)4/h4-5,8,13H,6-7,12H2,1-3H3;(H2,1,2,3,4). The monoisotopic (exact) mass is 355 g/mol. The molecule has 1 aromatic carbocycles. The summed E-state index contributed by atoms with van der Waals surface area (Å²) in [7, 11) is -5.87. The molecule has 9 nitrogen and oxygen atoms in total. The normalized spacial score (nSPS) is 11.5. The van der Waals surface area contributed by atoms with E-state index in [2.05, 4.69) is 4.72 Å². The molecule has 0 unspecified atom stereocenters. The summed E-state index contributed by atoms with van der Waals surface area (Å²) in [5, 5.41) is 0. The van der Waals surface area contributed by atoms with Crippen LogP contribution in [0.4, 0.5) is 11.4 Å². The smallest absolute Gasteiger partial charge is 0.394 e. The fourth-order valence-corrected chi connectivity index (χ4v) is 1.89. The van der Waals surface area contributed by atoms with E-state index in [-0.39, 0.29) is 0 Å². The summed E-state index contributed by atoms with van der Waals surface area (Å²) in [4.78, 5) is 1.98. The van der Waals surface area contributed by atoms with Crippen molar-refractivity contribution in [1.82, 2.24) is 4.72 Å². The predicted molar refractivity (Wildman–Crippen MR) is 85.9 cm³/mol. The maximum absolute atomic E-state index is 10.9. The Morgan fingerprint density at radius 3 is 2.14 bits per heavy atom. The van der Waals surface area contributed by atoms with Crippen molar-refractivity contribution >= 4 is 31.8 Å². The number of benzene rings is 1. The van der Waals surface area contributed by atoms with E-state index in [1.165, 1.54) is 0 Å². The molecule has 22 heavy (non-hydrogen) atoms. The maximum Gasteiger partial charge on any atom is 0.394 e. The lowest BCUT2D eigenvalue weighted by atomic mass is 10.2. The van der Waals surface area contributed by atoms with Crippen molar-refractivity contribution in [2.24, 2.45) is 0 Å². The second-order valence-electron chi connectivity index (χ2n) is 4.58. The van der Waals surface area contributed by atoms with Crippen molar-refractivity contribution in [3.8, 4) is 0 Å². The first-order valence-electron chi connectivity index (χ1n) is 6.01. The number of sulfonamides is 1. The summed E-state index contributed by atoms with van der Waals surface area (Å²) in [6, 6.07) is 5.75. The highest BCUT2D eigenvalue weighted by Gasteiger charge is 2.04. The molecule has 0 amide bonds. The molecule has 5 N–H and O–H groups in total. The molecule has 0 atom stereocenters. The van der Waals surface area contributed by atoms with Crippen LogP contribution in [0.3, 0.4) is 0 Å². The average Bonchev–Trinajstić information content (AvgIpc) is 2.28. The Morgan fingerprint density at radius 1 is 1.23 bits per heavy atom. The maximum atomic E-state index is 10.9. The first kappa shape index (κ1) is 20.6. The number of hydrogen-bond donors (Lipinski definition) is 4. The second-order valence-corrected chi connectivity index (χ2v) is 7.31. The molecule has 0 aliphatic heterocycles. The third-order valence-electron chi connectivity index (χ3n) is 2.51. The van der Waals surface area contributed by atoms with Gasteiger partial charge in [-0.2, -0.15) is 8.42 Å². The molecule has 0 heterocycles. The zero-order valence-electron chi connectivity index (χ0n) is 12.5. The van der Waals surface area contributed by atoms with Gasteiger partial charge >= 0.3 is 10.4 Å². The van der Waals surface area contributed by atoms with E-state index in [0.717, 1.165) is 23.2 Å². The van der Waals surface area contributed by atoms with E-state index < -0.39 is 20.4 Å². The molecule has 0 spiro atoms. The minimum atomic E-state index is -4.67. The quantitative estimate of drug-likeness (QED) is 0.423. The fraction of sp³-hybridized carbons (Fsp3) is 0.455. The van der Waals surface area contributed by atoms with Crippen molar-refractivity contribution in [2.75, 3.05) is 37.0 Å². The van der Waals surface area contributed by atoms with Crippen molar-refractivity contribution in [3.63, 3.8) is 0 Å². The van der Waals surface area contributed by atoms with Gasteiger partial charge in [-0.25, -0.2) is 13.1 Å². The van der Waals surface area contributed by atoms with Crippen molar-refractivity contribution in [2.45, 2.75) is 6.92 Å². The Labute approximate surface area is 130 Å². The van der Waals surface area contributed by atoms with Gasteiger partial charge in [0.05, 0.1) is 6.26 Å². The van der Waals surface area contributed by atoms with Gasteiger partial charge in [-0.05, 0) is 30.7 Å². The number of hydrogen-bond acceptors (Lipinski definition) is 6. The Bertz CT molecular complexity index is 680. The molecule has 0 aromatic heterocycles. The van der Waals surface area contributed by atoms with E-state index in [4.69, 9.17) is 23.3 Å². The highest BCUT2D eigenvalue weighted by Crippen LogP contribution is 2.19. The minimum Gasteiger partial charge on any atom is -0.399 e. The molecule has 0 aliphatic rings. The summed E-state index contributed by atoms with van der Waals surface area (Å²) in [6.07, 6.45) is 1.15. The molecular weight excluding hydrogens is 334 g/mol. The predicted octanol–water partition coefficient (Wildman–Crippen LogP) is -0.0902. The molecule has 0 saturated carbocycles. The van der Waals surface area contributed by atoms with Crippen LogP contribution in [-0.4, -0.2) is 52.3 Å². The number of nitrogens with one attached hydrogen (secondary N) is 1. The molecule has 11 heteroatoms. The number of nitrogen functional groups attached to an aromatic ring is 1. The Morgan fingerprint density at radius 2 is 1.73 bits per heavy atom. The molecule has 0 fully saturated rings. The van der Waals surface area contributed by atoms with Crippen LogP contribution in [0.1, 0.15) is 5.56 Å². The van der Waals surface area contributed by atoms with Crippen molar-refractivity contribution in [3.05, 3.63) is 23.8 Å². The van der Waals surface area contributed by atoms with Gasteiger partial charge in [-0.15, -0.1) is 0 Å². The fourth-order valence-electron chi connectivity index (χ4n) is 1.43. The first-order chi connectivity index (χ1) is 9.79. The van der Waals surface area contributed by atoms with E-state index in [1.54, 1.807) is 0 Å². The van der Waals surface area contributed by atoms with E-state index >= 15 is 0 Å². The number of nitrogens with zero attached hydrogens (tertiary/aromatic N) is 1. The lowest BCUT2D eigenvalue weighted by Crippen LogP contribution is -2.32. The summed E-state index contributed by atoms with van der Waals surface area (Å²) >= 11 is 0. The minimum absolute atomic E-state index is 0.388. The van der Waals surface area contributed by atoms with Crippen molar-refractivity contribution in [1.29, 1.82) is 0 Å². The number of nitrogens with two attached hydrogens (primary N) is 1. The van der Waals surface area contributed by atoms with Crippen LogP contribution in [0.15, 0.2) is 18.2 Å². The van der Waals surface area contributed by atoms with Crippen molar-refractivity contribution < 1.29 is 25.9 Å². The Kier molecular flexibility index (Phi) is 7.76. The summed E-state index contributed by atoms with van der Waals surface area (Å²) < 4.78 is 55.8. The number of likely N-dealkylation sites (N-methyl/N-ethyl adjacent to an activating group) is 1. The van der Waals surface area contributed by atoms with Gasteiger partial charge in [-0.1, -0.05) is 0 Å². The van der Waals surface area contributed by atoms with Crippen LogP contribution >= 0.6 is 0 Å². The lowest BCUT2D eigenvalue weighted by molar-refractivity contribution is 0.381. The number of rotatable bonds is 5. The van der Waals surface area contributed by atoms with Crippen LogP contribution in [0, 0.1) is 6.92 Å². The summed E-state index contributed by atoms with van der Waals surface area (Å²) in [5.74, 6) is 0. The number of anilines is 2. The van der Waals surface area contributed by atoms with Gasteiger partial charge in [0.25, 0.3) is 0 Å². The third kappa shape index (κ3) is 11.3. The third-order valence-corrected chi connectivity index (χ3v) is 3.23. The van der Waals surface area contributed by atoms with E-state index in [1.807, 2.05) is 37.1 Å². The highest BCUT2D eigenvalue weighted by atomic mass is 32.3. The topological polar surface area (TPSA) is 150 Å². The van der Waals surface area contributed by atoms with E-state index in [0.29, 0.717) is 13.1 Å². The Balaban J connectivity index is 0.000000763. The van der Waals surface area contributed by atoms with E-state index in [9.17, 15) is 8.42 Å². The van der Waals surface area contributed by atoms with Gasteiger partial charge in [0, 0.05) is 31.5 Å². The number of aryl methyl sites for hydroxylation is 1. The van der Waals surface area contributed by atoms with Crippen LogP contribution < -0.4 is 15.4 Å². The van der Waals surface area contributed by atoms with Gasteiger partial charge in [0.1, 0.15) is 0 Å². The van der Waals surface area contributed by atoms with Gasteiger partial charge in [-0.3, -0.25) is 9.11 Å². The zero-order chi connectivity index (χ0) is 17.6. The Hall–Kier alpha value is -1.40. The van der Waals surface area contributed by atoms with Crippen LogP contribution in [0.2, 0.25) is 0 Å². The van der Waals surface area contributed by atoms with Crippen LogP contribution in [-0.2, 0) is 20.4 Å². The van der Waals surface area contributed by atoms with Gasteiger partial charge in [0.2, 0.25) is 10.0 Å². The molecule has 0 saturated heterocycles. The van der Waals surface area contributed by atoms with Crippen LogP contribution in [0.5, 0.6) is 0 Å². The van der Waals surface area contributed by atoms with Gasteiger partial charge in [0.15, 0.2) is 0 Å². The summed E-state index contributed by atoms with van der Waals surface area (Å²) in [5.41, 5.74) is 8.54. The van der Waals surface area contributed by atoms with Gasteiger partial charge < -0.3 is 10.6 Å². The molecule has 128 valence electrons. The lowest BCUT2D eigenvalue weighted by Gasteiger charge is -2.20. The first-order valence-corrected chi connectivity index (χ1v) is 9.30. The molecule has 0 radical (unpaired) electrons. The SMILES string of the molecule is Cc1cc(N(C)CCNS(C)(=O)=O)ccc1N.O=S(=O)(O)O. The molecule has 1 aromatic rings. The highest BCUT2D eigenvalue weighted by molar-refractivity contribution is 7.88. The molecule has 0 aliphatic carbocycles. The zero-order valence-corrected chi connectivity index (χ0v) is 14.1. The average molecular weight is 355 g/mol. The second kappa shape index (κ2) is 8.29.